The second-order valence-electron chi connectivity index (χ2n) is 5.98. The van der Waals surface area contributed by atoms with Crippen LogP contribution in [0.15, 0.2) is 41.8 Å². The molecule has 5 heteroatoms. The lowest BCUT2D eigenvalue weighted by molar-refractivity contribution is -0.130. The van der Waals surface area contributed by atoms with Gasteiger partial charge in [0.05, 0.1) is 12.7 Å². The quantitative estimate of drug-likeness (QED) is 0.848. The Hall–Kier alpha value is -1.69. The number of hydrogen-bond acceptors (Lipinski definition) is 4. The molecule has 0 radical (unpaired) electrons. The van der Waals surface area contributed by atoms with Gasteiger partial charge >= 0.3 is 0 Å². The minimum absolute atomic E-state index is 0.118. The molecule has 1 aromatic carbocycles. The van der Waals surface area contributed by atoms with E-state index in [4.69, 9.17) is 9.47 Å². The number of carbonyl (C=O) groups is 1. The van der Waals surface area contributed by atoms with E-state index in [1.54, 1.807) is 18.3 Å². The van der Waals surface area contributed by atoms with E-state index < -0.39 is 6.10 Å². The lowest BCUT2D eigenvalue weighted by Crippen LogP contribution is -2.32. The Labute approximate surface area is 146 Å². The van der Waals surface area contributed by atoms with Crippen LogP contribution in [0.4, 0.5) is 5.69 Å². The normalized spacial score (nSPS) is 19.0. The predicted molar refractivity (Wildman–Crippen MR) is 97.4 cm³/mol. The number of thiophene rings is 1. The zero-order valence-electron chi connectivity index (χ0n) is 13.9. The van der Waals surface area contributed by atoms with Crippen molar-refractivity contribution in [2.75, 3.05) is 18.5 Å². The second-order valence-corrected chi connectivity index (χ2v) is 6.92. The molecule has 1 aromatic heterocycles. The molecule has 0 bridgehead atoms. The van der Waals surface area contributed by atoms with Gasteiger partial charge in [-0.2, -0.15) is 0 Å². The van der Waals surface area contributed by atoms with Crippen molar-refractivity contribution < 1.29 is 14.3 Å². The van der Waals surface area contributed by atoms with Crippen LogP contribution in [0.25, 0.3) is 10.4 Å². The van der Waals surface area contributed by atoms with Gasteiger partial charge in [0, 0.05) is 22.7 Å². The molecule has 0 spiro atoms. The van der Waals surface area contributed by atoms with Crippen LogP contribution in [0.5, 0.6) is 0 Å². The maximum absolute atomic E-state index is 12.4. The molecule has 2 aromatic rings. The molecule has 3 rings (SSSR count). The first-order valence-corrected chi connectivity index (χ1v) is 9.29. The van der Waals surface area contributed by atoms with Crippen molar-refractivity contribution in [1.29, 1.82) is 0 Å². The van der Waals surface area contributed by atoms with E-state index >= 15 is 0 Å². The molecule has 2 atom stereocenters. The molecule has 0 aliphatic carbocycles. The van der Waals surface area contributed by atoms with Crippen LogP contribution in [0.1, 0.15) is 26.2 Å². The topological polar surface area (TPSA) is 47.6 Å². The SMILES string of the molecule is CC(OCC1CCCCO1)C(=O)Nc1ccccc1-c1cccs1. The van der Waals surface area contributed by atoms with Gasteiger partial charge in [0.1, 0.15) is 6.10 Å². The predicted octanol–water partition coefficient (Wildman–Crippen LogP) is 4.33. The van der Waals surface area contributed by atoms with E-state index in [0.717, 1.165) is 35.6 Å². The molecule has 4 nitrogen and oxygen atoms in total. The highest BCUT2D eigenvalue weighted by Crippen LogP contribution is 2.31. The van der Waals surface area contributed by atoms with Gasteiger partial charge in [-0.3, -0.25) is 4.79 Å². The van der Waals surface area contributed by atoms with Crippen LogP contribution in [0.2, 0.25) is 0 Å². The lowest BCUT2D eigenvalue weighted by Gasteiger charge is -2.24. The van der Waals surface area contributed by atoms with E-state index in [1.807, 2.05) is 35.7 Å². The van der Waals surface area contributed by atoms with Crippen LogP contribution in [-0.2, 0) is 14.3 Å². The Morgan fingerprint density at radius 1 is 1.33 bits per heavy atom. The fourth-order valence-corrected chi connectivity index (χ4v) is 3.51. The van der Waals surface area contributed by atoms with E-state index in [1.165, 1.54) is 6.42 Å². The molecule has 24 heavy (non-hydrogen) atoms. The Kier molecular flexibility index (Phi) is 6.01. The average molecular weight is 345 g/mol. The van der Waals surface area contributed by atoms with Gasteiger partial charge in [-0.25, -0.2) is 0 Å². The summed E-state index contributed by atoms with van der Waals surface area (Å²) in [4.78, 5) is 13.6. The monoisotopic (exact) mass is 345 g/mol. The van der Waals surface area contributed by atoms with E-state index in [2.05, 4.69) is 11.4 Å². The third-order valence-corrected chi connectivity index (χ3v) is 5.05. The molecule has 1 amide bonds. The Bertz CT molecular complexity index is 650. The smallest absolute Gasteiger partial charge is 0.253 e. The van der Waals surface area contributed by atoms with Crippen LogP contribution in [-0.4, -0.2) is 31.3 Å². The highest BCUT2D eigenvalue weighted by atomic mass is 32.1. The van der Waals surface area contributed by atoms with Crippen molar-refractivity contribution in [3.63, 3.8) is 0 Å². The van der Waals surface area contributed by atoms with Gasteiger partial charge in [0.2, 0.25) is 0 Å². The first kappa shape index (κ1) is 17.1. The van der Waals surface area contributed by atoms with Crippen molar-refractivity contribution in [2.24, 2.45) is 0 Å². The Morgan fingerprint density at radius 2 is 2.21 bits per heavy atom. The summed E-state index contributed by atoms with van der Waals surface area (Å²) in [5.41, 5.74) is 1.85. The Balaban J connectivity index is 1.58. The van der Waals surface area contributed by atoms with Crippen molar-refractivity contribution in [2.45, 2.75) is 38.4 Å². The first-order chi connectivity index (χ1) is 11.7. The zero-order chi connectivity index (χ0) is 16.8. The number of anilines is 1. The van der Waals surface area contributed by atoms with E-state index in [0.29, 0.717) is 6.61 Å². The molecule has 1 fully saturated rings. The Morgan fingerprint density at radius 3 is 2.96 bits per heavy atom. The maximum Gasteiger partial charge on any atom is 0.253 e. The van der Waals surface area contributed by atoms with Crippen molar-refractivity contribution in [3.05, 3.63) is 41.8 Å². The minimum Gasteiger partial charge on any atom is -0.376 e. The van der Waals surface area contributed by atoms with Crippen molar-refractivity contribution >= 4 is 22.9 Å². The molecule has 2 heterocycles. The number of para-hydroxylation sites is 1. The second kappa shape index (κ2) is 8.42. The highest BCUT2D eigenvalue weighted by Gasteiger charge is 2.19. The molecule has 1 aliphatic heterocycles. The standard InChI is InChI=1S/C19H23NO3S/c1-14(23-13-15-7-4-5-11-22-15)19(21)20-17-9-3-2-8-16(17)18-10-6-12-24-18/h2-3,6,8-10,12,14-15H,4-5,7,11,13H2,1H3,(H,20,21). The van der Waals surface area contributed by atoms with Crippen LogP contribution < -0.4 is 5.32 Å². The zero-order valence-corrected chi connectivity index (χ0v) is 14.7. The summed E-state index contributed by atoms with van der Waals surface area (Å²) in [7, 11) is 0. The summed E-state index contributed by atoms with van der Waals surface area (Å²) >= 11 is 1.66. The van der Waals surface area contributed by atoms with Gasteiger partial charge in [0.15, 0.2) is 0 Å². The van der Waals surface area contributed by atoms with Gasteiger partial charge in [-0.05, 0) is 43.7 Å². The fourth-order valence-electron chi connectivity index (χ4n) is 2.74. The number of nitrogens with one attached hydrogen (secondary N) is 1. The molecule has 1 aliphatic rings. The van der Waals surface area contributed by atoms with Crippen molar-refractivity contribution in [1.82, 2.24) is 0 Å². The number of ether oxygens (including phenoxy) is 2. The molecule has 1 saturated heterocycles. The van der Waals surface area contributed by atoms with Gasteiger partial charge < -0.3 is 14.8 Å². The fraction of sp³-hybridized carbons (Fsp3) is 0.421. The molecule has 128 valence electrons. The lowest BCUT2D eigenvalue weighted by atomic mass is 10.1. The molecular weight excluding hydrogens is 322 g/mol. The summed E-state index contributed by atoms with van der Waals surface area (Å²) in [6, 6.07) is 11.9. The number of amides is 1. The average Bonchev–Trinajstić information content (AvgIpc) is 3.15. The van der Waals surface area contributed by atoms with Crippen LogP contribution >= 0.6 is 11.3 Å². The largest absolute Gasteiger partial charge is 0.376 e. The first-order valence-electron chi connectivity index (χ1n) is 8.41. The minimum atomic E-state index is -0.507. The van der Waals surface area contributed by atoms with Gasteiger partial charge in [0.25, 0.3) is 5.91 Å². The summed E-state index contributed by atoms with van der Waals surface area (Å²) in [6.45, 7) is 3.05. The number of benzene rings is 1. The maximum atomic E-state index is 12.4. The number of hydrogen-bond donors (Lipinski definition) is 1. The number of carbonyl (C=O) groups excluding carboxylic acids is 1. The third-order valence-electron chi connectivity index (χ3n) is 4.15. The van der Waals surface area contributed by atoms with Crippen LogP contribution in [0.3, 0.4) is 0 Å². The van der Waals surface area contributed by atoms with Crippen LogP contribution in [0, 0.1) is 0 Å². The summed E-state index contributed by atoms with van der Waals surface area (Å²) in [5, 5.41) is 5.02. The highest BCUT2D eigenvalue weighted by molar-refractivity contribution is 7.13. The molecule has 1 N–H and O–H groups in total. The van der Waals surface area contributed by atoms with Crippen molar-refractivity contribution in [3.8, 4) is 10.4 Å². The molecule has 0 saturated carbocycles. The van der Waals surface area contributed by atoms with E-state index in [9.17, 15) is 4.79 Å². The number of rotatable bonds is 6. The summed E-state index contributed by atoms with van der Waals surface area (Å²) in [6.07, 6.45) is 2.91. The third kappa shape index (κ3) is 4.44. The van der Waals surface area contributed by atoms with Gasteiger partial charge in [-0.15, -0.1) is 11.3 Å². The molecule has 2 unspecified atom stereocenters. The summed E-state index contributed by atoms with van der Waals surface area (Å²) < 4.78 is 11.4. The molecular formula is C19H23NO3S. The van der Waals surface area contributed by atoms with Gasteiger partial charge in [-0.1, -0.05) is 24.3 Å². The van der Waals surface area contributed by atoms with E-state index in [-0.39, 0.29) is 12.0 Å². The summed E-state index contributed by atoms with van der Waals surface area (Å²) in [5.74, 6) is -0.130.